The Hall–Kier alpha value is -2.17. The van der Waals surface area contributed by atoms with Crippen LogP contribution < -0.4 is 5.32 Å². The van der Waals surface area contributed by atoms with Crippen LogP contribution in [0.2, 0.25) is 0 Å². The molecule has 2 aromatic rings. The average molecular weight is 292 g/mol. The number of nitrogens with zero attached hydrogens (tertiary/aromatic N) is 1. The molecule has 1 heterocycles. The number of anilines is 1. The highest BCUT2D eigenvalue weighted by atomic mass is 19.2. The minimum absolute atomic E-state index is 0.230. The Bertz CT molecular complexity index is 690. The Morgan fingerprint density at radius 2 is 1.81 bits per heavy atom. The highest BCUT2D eigenvalue weighted by molar-refractivity contribution is 6.05. The molecular formula is C16H18F2N2O. The van der Waals surface area contributed by atoms with Crippen LogP contribution in [0.4, 0.5) is 14.5 Å². The third-order valence-electron chi connectivity index (χ3n) is 3.42. The first-order valence-electron chi connectivity index (χ1n) is 6.76. The van der Waals surface area contributed by atoms with Gasteiger partial charge < -0.3 is 9.88 Å². The smallest absolute Gasteiger partial charge is 0.257 e. The number of hydrogen-bond acceptors (Lipinski definition) is 1. The molecule has 0 bridgehead atoms. The molecule has 0 aliphatic carbocycles. The maximum absolute atomic E-state index is 13.2. The zero-order valence-corrected chi connectivity index (χ0v) is 12.5. The second-order valence-corrected chi connectivity index (χ2v) is 5.33. The van der Waals surface area contributed by atoms with Crippen molar-refractivity contribution in [2.45, 2.75) is 33.7 Å². The fraction of sp³-hybridized carbons (Fsp3) is 0.312. The van der Waals surface area contributed by atoms with Gasteiger partial charge in [-0.15, -0.1) is 0 Å². The second-order valence-electron chi connectivity index (χ2n) is 5.33. The summed E-state index contributed by atoms with van der Waals surface area (Å²) in [6.07, 6.45) is 0. The molecule has 0 saturated carbocycles. The summed E-state index contributed by atoms with van der Waals surface area (Å²) in [5.41, 5.74) is 2.60. The van der Waals surface area contributed by atoms with Gasteiger partial charge in [0.05, 0.1) is 5.56 Å². The molecule has 0 saturated heterocycles. The molecule has 0 aliphatic rings. The molecule has 0 aliphatic heterocycles. The summed E-state index contributed by atoms with van der Waals surface area (Å²) in [5.74, 6) is -2.26. The van der Waals surface area contributed by atoms with Gasteiger partial charge in [-0.3, -0.25) is 4.79 Å². The lowest BCUT2D eigenvalue weighted by molar-refractivity contribution is 0.102. The van der Waals surface area contributed by atoms with Crippen LogP contribution in [0.3, 0.4) is 0 Å². The van der Waals surface area contributed by atoms with Gasteiger partial charge in [0.25, 0.3) is 5.91 Å². The average Bonchev–Trinajstić information content (AvgIpc) is 2.69. The van der Waals surface area contributed by atoms with Gasteiger partial charge in [-0.05, 0) is 45.9 Å². The zero-order valence-electron chi connectivity index (χ0n) is 12.5. The Labute approximate surface area is 122 Å². The Morgan fingerprint density at radius 3 is 2.33 bits per heavy atom. The first kappa shape index (κ1) is 15.2. The minimum atomic E-state index is -0.986. The van der Waals surface area contributed by atoms with Crippen LogP contribution in [0.1, 0.15) is 41.6 Å². The van der Waals surface area contributed by atoms with E-state index in [4.69, 9.17) is 0 Å². The molecule has 1 aromatic carbocycles. The van der Waals surface area contributed by atoms with E-state index in [1.807, 2.05) is 27.7 Å². The number of aryl methyl sites for hydroxylation is 1. The molecule has 0 unspecified atom stereocenters. The number of nitrogens with one attached hydrogen (secondary N) is 1. The first-order chi connectivity index (χ1) is 9.81. The number of aromatic nitrogens is 1. The number of carbonyl (C=O) groups excluding carboxylic acids is 1. The van der Waals surface area contributed by atoms with E-state index < -0.39 is 11.6 Å². The predicted molar refractivity (Wildman–Crippen MR) is 78.6 cm³/mol. The largest absolute Gasteiger partial charge is 0.346 e. The van der Waals surface area contributed by atoms with Crippen molar-refractivity contribution in [1.29, 1.82) is 0 Å². The lowest BCUT2D eigenvalue weighted by atomic mass is 10.2. The molecule has 3 nitrogen and oxygen atoms in total. The van der Waals surface area contributed by atoms with Gasteiger partial charge in [-0.2, -0.15) is 0 Å². The summed E-state index contributed by atoms with van der Waals surface area (Å²) in [4.78, 5) is 12.3. The van der Waals surface area contributed by atoms with Gasteiger partial charge in [-0.1, -0.05) is 0 Å². The normalized spacial score (nSPS) is 11.0. The molecule has 0 spiro atoms. The molecule has 0 atom stereocenters. The van der Waals surface area contributed by atoms with Gasteiger partial charge in [0.15, 0.2) is 11.6 Å². The number of hydrogen-bond donors (Lipinski definition) is 1. The van der Waals surface area contributed by atoms with Crippen molar-refractivity contribution in [3.05, 3.63) is 52.9 Å². The summed E-state index contributed by atoms with van der Waals surface area (Å²) in [6, 6.07) is 5.33. The van der Waals surface area contributed by atoms with Crippen molar-refractivity contribution in [2.24, 2.45) is 0 Å². The summed E-state index contributed by atoms with van der Waals surface area (Å²) in [7, 11) is 0. The molecule has 112 valence electrons. The van der Waals surface area contributed by atoms with Crippen molar-refractivity contribution in [3.63, 3.8) is 0 Å². The van der Waals surface area contributed by atoms with E-state index in [2.05, 4.69) is 9.88 Å². The number of carbonyl (C=O) groups is 1. The molecule has 21 heavy (non-hydrogen) atoms. The van der Waals surface area contributed by atoms with Crippen LogP contribution in [0.15, 0.2) is 24.3 Å². The topological polar surface area (TPSA) is 34.0 Å². The standard InChI is InChI=1S/C16H18F2N2O/c1-9(2)20-10(3)7-13(11(20)4)16(21)19-12-5-6-14(17)15(18)8-12/h5-9H,1-4H3,(H,19,21). The SMILES string of the molecule is Cc1cc(C(=O)Nc2ccc(F)c(F)c2)c(C)n1C(C)C. The fourth-order valence-corrected chi connectivity index (χ4v) is 2.57. The minimum Gasteiger partial charge on any atom is -0.346 e. The third kappa shape index (κ3) is 2.96. The van der Waals surface area contributed by atoms with Gasteiger partial charge in [-0.25, -0.2) is 8.78 Å². The van der Waals surface area contributed by atoms with Crippen molar-refractivity contribution in [3.8, 4) is 0 Å². The van der Waals surface area contributed by atoms with E-state index in [1.165, 1.54) is 6.07 Å². The quantitative estimate of drug-likeness (QED) is 0.903. The van der Waals surface area contributed by atoms with E-state index in [0.29, 0.717) is 5.56 Å². The lowest BCUT2D eigenvalue weighted by Gasteiger charge is -2.13. The first-order valence-corrected chi connectivity index (χ1v) is 6.76. The fourth-order valence-electron chi connectivity index (χ4n) is 2.57. The van der Waals surface area contributed by atoms with Crippen LogP contribution in [-0.4, -0.2) is 10.5 Å². The van der Waals surface area contributed by atoms with E-state index in [-0.39, 0.29) is 17.6 Å². The van der Waals surface area contributed by atoms with Crippen molar-refractivity contribution in [2.75, 3.05) is 5.32 Å². The summed E-state index contributed by atoms with van der Waals surface area (Å²) < 4.78 is 28.1. The van der Waals surface area contributed by atoms with E-state index >= 15 is 0 Å². The summed E-state index contributed by atoms with van der Waals surface area (Å²) in [5, 5.41) is 2.59. The molecular weight excluding hydrogens is 274 g/mol. The summed E-state index contributed by atoms with van der Waals surface area (Å²) in [6.45, 7) is 7.88. The van der Waals surface area contributed by atoms with Crippen LogP contribution in [-0.2, 0) is 0 Å². The Balaban J connectivity index is 2.28. The zero-order chi connectivity index (χ0) is 15.7. The molecule has 0 radical (unpaired) electrons. The molecule has 1 aromatic heterocycles. The Kier molecular flexibility index (Phi) is 4.11. The highest BCUT2D eigenvalue weighted by Gasteiger charge is 2.17. The van der Waals surface area contributed by atoms with Crippen LogP contribution >= 0.6 is 0 Å². The maximum atomic E-state index is 13.2. The van der Waals surface area contributed by atoms with Crippen molar-refractivity contribution < 1.29 is 13.6 Å². The predicted octanol–water partition coefficient (Wildman–Crippen LogP) is 4.22. The maximum Gasteiger partial charge on any atom is 0.257 e. The third-order valence-corrected chi connectivity index (χ3v) is 3.42. The number of rotatable bonds is 3. The van der Waals surface area contributed by atoms with Crippen molar-refractivity contribution >= 4 is 11.6 Å². The number of amides is 1. The molecule has 1 amide bonds. The van der Waals surface area contributed by atoms with E-state index in [9.17, 15) is 13.6 Å². The second kappa shape index (κ2) is 5.68. The van der Waals surface area contributed by atoms with Gasteiger partial charge >= 0.3 is 0 Å². The molecule has 5 heteroatoms. The Morgan fingerprint density at radius 1 is 1.14 bits per heavy atom. The number of benzene rings is 1. The van der Waals surface area contributed by atoms with Crippen LogP contribution in [0, 0.1) is 25.5 Å². The van der Waals surface area contributed by atoms with Crippen LogP contribution in [0.25, 0.3) is 0 Å². The van der Waals surface area contributed by atoms with E-state index in [1.54, 1.807) is 6.07 Å². The number of halogens is 2. The highest BCUT2D eigenvalue weighted by Crippen LogP contribution is 2.21. The van der Waals surface area contributed by atoms with E-state index in [0.717, 1.165) is 23.5 Å². The lowest BCUT2D eigenvalue weighted by Crippen LogP contribution is -2.14. The monoisotopic (exact) mass is 292 g/mol. The molecule has 0 fully saturated rings. The van der Waals surface area contributed by atoms with Gasteiger partial charge in [0.2, 0.25) is 0 Å². The summed E-state index contributed by atoms with van der Waals surface area (Å²) >= 11 is 0. The van der Waals surface area contributed by atoms with Gasteiger partial charge in [0.1, 0.15) is 0 Å². The molecule has 2 rings (SSSR count). The van der Waals surface area contributed by atoms with Crippen LogP contribution in [0.5, 0.6) is 0 Å². The van der Waals surface area contributed by atoms with Gasteiger partial charge in [0, 0.05) is 29.2 Å². The molecule has 1 N–H and O–H groups in total. The van der Waals surface area contributed by atoms with Crippen molar-refractivity contribution in [1.82, 2.24) is 4.57 Å².